The van der Waals surface area contributed by atoms with E-state index in [1.54, 1.807) is 5.57 Å². The number of aliphatic hydroxyl groups excluding tert-OH is 2. The lowest BCUT2D eigenvalue weighted by atomic mass is 9.61. The lowest BCUT2D eigenvalue weighted by Crippen LogP contribution is -2.35. The van der Waals surface area contributed by atoms with Gasteiger partial charge in [0.2, 0.25) is 0 Å². The van der Waals surface area contributed by atoms with Crippen molar-refractivity contribution in [2.45, 2.75) is 97.2 Å². The minimum absolute atomic E-state index is 0.399. The molecule has 0 aromatic heterocycles. The molecule has 4 aliphatic carbocycles. The summed E-state index contributed by atoms with van der Waals surface area (Å²) >= 11 is 0. The third-order valence-electron chi connectivity index (χ3n) is 9.53. The normalized spacial score (nSPS) is 45.0. The first-order valence-corrected chi connectivity index (χ1v) is 12.9. The molecule has 0 aromatic rings. The summed E-state index contributed by atoms with van der Waals surface area (Å²) < 4.78 is 0. The van der Waals surface area contributed by atoms with Crippen molar-refractivity contribution in [1.29, 1.82) is 0 Å². The highest BCUT2D eigenvalue weighted by atomic mass is 16.3. The Labute approximate surface area is 190 Å². The molecule has 0 aromatic carbocycles. The van der Waals surface area contributed by atoms with Gasteiger partial charge in [-0.15, -0.1) is 0 Å². The highest BCUT2D eigenvalue weighted by Gasteiger charge is 2.50. The van der Waals surface area contributed by atoms with Crippen LogP contribution in [0.4, 0.5) is 0 Å². The number of fused-ring (bicyclic) bond motifs is 1. The van der Waals surface area contributed by atoms with Crippen molar-refractivity contribution in [3.8, 4) is 0 Å². The number of hydrogen-bond acceptors (Lipinski definition) is 2. The van der Waals surface area contributed by atoms with Gasteiger partial charge in [0.1, 0.15) is 0 Å². The fourth-order valence-corrected chi connectivity index (χ4v) is 7.52. The van der Waals surface area contributed by atoms with Crippen molar-refractivity contribution in [1.82, 2.24) is 0 Å². The molecule has 4 rings (SSSR count). The molecule has 4 fully saturated rings. The van der Waals surface area contributed by atoms with Crippen LogP contribution in [0.3, 0.4) is 0 Å². The maximum atomic E-state index is 10.2. The molecule has 4 saturated carbocycles. The molecule has 0 spiro atoms. The van der Waals surface area contributed by atoms with Crippen molar-refractivity contribution in [2.75, 3.05) is 0 Å². The van der Waals surface area contributed by atoms with Crippen molar-refractivity contribution in [2.24, 2.45) is 35.0 Å². The van der Waals surface area contributed by atoms with Gasteiger partial charge in [-0.25, -0.2) is 0 Å². The fraction of sp³-hybridized carbons (Fsp3) is 0.724. The smallest absolute Gasteiger partial charge is 0.0811 e. The van der Waals surface area contributed by atoms with Crippen LogP contribution in [-0.4, -0.2) is 22.4 Å². The Bertz CT molecular complexity index is 759. The van der Waals surface area contributed by atoms with E-state index in [1.807, 2.05) is 0 Å². The highest BCUT2D eigenvalue weighted by molar-refractivity contribution is 5.38. The Balaban J connectivity index is 1.48. The molecular formula is C29H44O2. The summed E-state index contributed by atoms with van der Waals surface area (Å²) in [5, 5.41) is 20.2. The van der Waals surface area contributed by atoms with Gasteiger partial charge in [0.15, 0.2) is 0 Å². The van der Waals surface area contributed by atoms with E-state index in [0.29, 0.717) is 30.1 Å². The number of allylic oxidation sites excluding steroid dienone is 5. The minimum atomic E-state index is -0.601. The molecule has 0 saturated heterocycles. The summed E-state index contributed by atoms with van der Waals surface area (Å²) in [5.41, 5.74) is 3.81. The molecule has 2 N–H and O–H groups in total. The van der Waals surface area contributed by atoms with Gasteiger partial charge in [-0.2, -0.15) is 0 Å². The third kappa shape index (κ3) is 4.67. The van der Waals surface area contributed by atoms with Crippen molar-refractivity contribution >= 4 is 0 Å². The van der Waals surface area contributed by atoms with Crippen LogP contribution in [0.1, 0.15) is 85.0 Å². The zero-order chi connectivity index (χ0) is 22.2. The van der Waals surface area contributed by atoms with E-state index in [4.69, 9.17) is 0 Å². The summed E-state index contributed by atoms with van der Waals surface area (Å²) in [7, 11) is 0. The van der Waals surface area contributed by atoms with Gasteiger partial charge in [-0.1, -0.05) is 70.1 Å². The highest BCUT2D eigenvalue weighted by Crippen LogP contribution is 2.59. The van der Waals surface area contributed by atoms with Gasteiger partial charge < -0.3 is 10.2 Å². The quantitative estimate of drug-likeness (QED) is 0.490. The first kappa shape index (κ1) is 23.1. The predicted octanol–water partition coefficient (Wildman–Crippen LogP) is 6.76. The molecule has 2 heteroatoms. The fourth-order valence-electron chi connectivity index (χ4n) is 7.52. The van der Waals surface area contributed by atoms with E-state index in [2.05, 4.69) is 51.7 Å². The maximum absolute atomic E-state index is 10.2. The molecule has 0 amide bonds. The van der Waals surface area contributed by atoms with Crippen LogP contribution in [0.5, 0.6) is 0 Å². The Hall–Kier alpha value is -1.12. The lowest BCUT2D eigenvalue weighted by Gasteiger charge is -2.44. The molecule has 172 valence electrons. The van der Waals surface area contributed by atoms with Crippen LogP contribution in [0.15, 0.2) is 47.6 Å². The zero-order valence-corrected chi connectivity index (χ0v) is 20.0. The van der Waals surface area contributed by atoms with Crippen LogP contribution in [0.2, 0.25) is 0 Å². The van der Waals surface area contributed by atoms with Crippen molar-refractivity contribution in [3.05, 3.63) is 47.6 Å². The number of rotatable bonds is 4. The Kier molecular flexibility index (Phi) is 6.99. The Morgan fingerprint density at radius 2 is 1.90 bits per heavy atom. The third-order valence-corrected chi connectivity index (χ3v) is 9.53. The van der Waals surface area contributed by atoms with E-state index in [-0.39, 0.29) is 0 Å². The zero-order valence-electron chi connectivity index (χ0n) is 20.0. The molecule has 0 aliphatic heterocycles. The van der Waals surface area contributed by atoms with Crippen LogP contribution in [0.25, 0.3) is 0 Å². The summed E-state index contributed by atoms with van der Waals surface area (Å²) in [6, 6.07) is 0. The summed E-state index contributed by atoms with van der Waals surface area (Å²) in [4.78, 5) is 0. The van der Waals surface area contributed by atoms with Gasteiger partial charge in [0, 0.05) is 6.42 Å². The van der Waals surface area contributed by atoms with Gasteiger partial charge in [0.05, 0.1) is 12.2 Å². The molecule has 8 atom stereocenters. The van der Waals surface area contributed by atoms with Gasteiger partial charge in [-0.05, 0) is 91.1 Å². The topological polar surface area (TPSA) is 40.5 Å². The number of hydrogen-bond donors (Lipinski definition) is 2. The first-order valence-electron chi connectivity index (χ1n) is 12.9. The largest absolute Gasteiger partial charge is 0.393 e. The standard InChI is InChI=1S/C29H44O2/c1-19-7-5-8-22(19)11-10-20(2)26-14-15-27-23(9-6-16-29(26,27)4)12-13-24-17-25(30)18-28(31)21(24)3/h10-13,19-20,22,25-28,30-31H,3,5-9,14-18H2,1-2,4H3/b11-10+,23-12+,24-13-/t19?,20-,22+,25-,26-,27+,28+,29-/m1/s1. The van der Waals surface area contributed by atoms with Crippen LogP contribution >= 0.6 is 0 Å². The minimum Gasteiger partial charge on any atom is -0.393 e. The average molecular weight is 425 g/mol. The van der Waals surface area contributed by atoms with Crippen LogP contribution < -0.4 is 0 Å². The Morgan fingerprint density at radius 3 is 2.65 bits per heavy atom. The second-order valence-electron chi connectivity index (χ2n) is 11.5. The Morgan fingerprint density at radius 1 is 1.10 bits per heavy atom. The van der Waals surface area contributed by atoms with Crippen LogP contribution in [0, 0.1) is 35.0 Å². The molecule has 0 heterocycles. The monoisotopic (exact) mass is 424 g/mol. The molecule has 4 aliphatic rings. The summed E-state index contributed by atoms with van der Waals surface area (Å²) in [6.07, 6.45) is 20.2. The SMILES string of the molecule is C=C1/C(=C\C=C2/CCC[C@]3(C)[C@@H]([C@H](C)/C=C/[C@@H]4CCCC4C)CC[C@@H]23)C[C@@H](O)C[C@@H]1O. The number of aliphatic hydroxyl groups is 2. The second kappa shape index (κ2) is 9.40. The molecule has 1 unspecified atom stereocenters. The van der Waals surface area contributed by atoms with Gasteiger partial charge in [0.25, 0.3) is 0 Å². The van der Waals surface area contributed by atoms with E-state index in [0.717, 1.165) is 28.9 Å². The van der Waals surface area contributed by atoms with E-state index in [9.17, 15) is 10.2 Å². The van der Waals surface area contributed by atoms with Gasteiger partial charge >= 0.3 is 0 Å². The maximum Gasteiger partial charge on any atom is 0.0811 e. The average Bonchev–Trinajstić information content (AvgIpc) is 3.30. The van der Waals surface area contributed by atoms with E-state index in [1.165, 1.54) is 51.4 Å². The van der Waals surface area contributed by atoms with Crippen molar-refractivity contribution in [3.63, 3.8) is 0 Å². The summed E-state index contributed by atoms with van der Waals surface area (Å²) in [6.45, 7) is 11.5. The van der Waals surface area contributed by atoms with Crippen molar-refractivity contribution < 1.29 is 10.2 Å². The second-order valence-corrected chi connectivity index (χ2v) is 11.5. The predicted molar refractivity (Wildman–Crippen MR) is 130 cm³/mol. The van der Waals surface area contributed by atoms with Gasteiger partial charge in [-0.3, -0.25) is 0 Å². The molecule has 31 heavy (non-hydrogen) atoms. The van der Waals surface area contributed by atoms with Crippen LogP contribution in [-0.2, 0) is 0 Å². The first-order chi connectivity index (χ1) is 14.8. The lowest BCUT2D eigenvalue weighted by molar-refractivity contribution is 0.0862. The molecule has 2 nitrogen and oxygen atoms in total. The van der Waals surface area contributed by atoms with E-state index < -0.39 is 12.2 Å². The van der Waals surface area contributed by atoms with E-state index >= 15 is 0 Å². The summed E-state index contributed by atoms with van der Waals surface area (Å²) in [5.74, 6) is 3.77. The molecule has 0 radical (unpaired) electrons. The molecular weight excluding hydrogens is 380 g/mol. The molecule has 0 bridgehead atoms.